The molecule has 8 nitrogen and oxygen atoms in total. The van der Waals surface area contributed by atoms with Crippen LogP contribution in [0.2, 0.25) is 0 Å². The van der Waals surface area contributed by atoms with Gasteiger partial charge in [0.15, 0.2) is 0 Å². The number of imide groups is 1. The summed E-state index contributed by atoms with van der Waals surface area (Å²) in [6, 6.07) is 16.3. The van der Waals surface area contributed by atoms with E-state index < -0.39 is 11.9 Å². The Bertz CT molecular complexity index is 1020. The molecule has 31 heavy (non-hydrogen) atoms. The lowest BCUT2D eigenvalue weighted by atomic mass is 10.1. The zero-order valence-electron chi connectivity index (χ0n) is 17.2. The lowest BCUT2D eigenvalue weighted by molar-refractivity contribution is -0.133. The number of amides is 2. The summed E-state index contributed by atoms with van der Waals surface area (Å²) >= 11 is 0. The molecule has 2 heterocycles. The standard InChI is InChI=1S/C23H26N6O2/c24-19(13-17-7-2-1-3-8-17)22(30)27-23(31)21-11-6-12-28(21)14-18-9-4-5-10-20(18)29-16-25-15-26-29/h1-5,7-10,15-16,19,21H,6,11-14,24H2,(H,27,30,31)/t19-,21+/m1/s1. The number of nitrogens with one attached hydrogen (secondary N) is 1. The van der Waals surface area contributed by atoms with Gasteiger partial charge in [0.1, 0.15) is 12.7 Å². The molecule has 1 aliphatic heterocycles. The molecule has 0 aliphatic carbocycles. The van der Waals surface area contributed by atoms with Gasteiger partial charge < -0.3 is 5.73 Å². The largest absolute Gasteiger partial charge is 0.320 e. The summed E-state index contributed by atoms with van der Waals surface area (Å²) in [7, 11) is 0. The molecule has 8 heteroatoms. The number of likely N-dealkylation sites (tertiary alicyclic amines) is 1. The highest BCUT2D eigenvalue weighted by Crippen LogP contribution is 2.23. The number of rotatable bonds is 7. The van der Waals surface area contributed by atoms with E-state index in [1.165, 1.54) is 6.33 Å². The first-order valence-electron chi connectivity index (χ1n) is 10.4. The SMILES string of the molecule is N[C@H](Cc1ccccc1)C(=O)NC(=O)[C@@H]1CCCN1Cc1ccccc1-n1cncn1. The topological polar surface area (TPSA) is 106 Å². The van der Waals surface area contributed by atoms with Crippen LogP contribution in [0.1, 0.15) is 24.0 Å². The molecule has 2 aromatic carbocycles. The molecule has 160 valence electrons. The van der Waals surface area contributed by atoms with Gasteiger partial charge in [0.2, 0.25) is 11.8 Å². The molecule has 2 amide bonds. The van der Waals surface area contributed by atoms with E-state index in [0.717, 1.165) is 29.8 Å². The molecule has 1 aliphatic rings. The van der Waals surface area contributed by atoms with Crippen molar-refractivity contribution in [1.82, 2.24) is 25.0 Å². The average Bonchev–Trinajstić information content (AvgIpc) is 3.47. The molecule has 2 atom stereocenters. The average molecular weight is 419 g/mol. The maximum atomic E-state index is 12.9. The number of benzene rings is 2. The van der Waals surface area contributed by atoms with Crippen molar-refractivity contribution in [3.8, 4) is 5.69 Å². The third kappa shape index (κ3) is 5.04. The van der Waals surface area contributed by atoms with Crippen molar-refractivity contribution in [2.45, 2.75) is 37.9 Å². The van der Waals surface area contributed by atoms with Crippen molar-refractivity contribution in [2.24, 2.45) is 5.73 Å². The fraction of sp³-hybridized carbons (Fsp3) is 0.304. The van der Waals surface area contributed by atoms with Gasteiger partial charge in [0.05, 0.1) is 17.8 Å². The molecule has 0 radical (unpaired) electrons. The van der Waals surface area contributed by atoms with E-state index >= 15 is 0 Å². The van der Waals surface area contributed by atoms with Gasteiger partial charge in [-0.25, -0.2) is 9.67 Å². The van der Waals surface area contributed by atoms with Crippen molar-refractivity contribution in [3.63, 3.8) is 0 Å². The molecule has 3 N–H and O–H groups in total. The van der Waals surface area contributed by atoms with Crippen molar-refractivity contribution >= 4 is 11.8 Å². The Labute approximate surface area is 181 Å². The van der Waals surface area contributed by atoms with E-state index in [1.54, 1.807) is 11.0 Å². The maximum Gasteiger partial charge on any atom is 0.243 e. The number of nitrogens with two attached hydrogens (primary N) is 1. The van der Waals surface area contributed by atoms with Gasteiger partial charge >= 0.3 is 0 Å². The third-order valence-electron chi connectivity index (χ3n) is 5.58. The van der Waals surface area contributed by atoms with Gasteiger partial charge in [-0.05, 0) is 43.0 Å². The number of nitrogens with zero attached hydrogens (tertiary/aromatic N) is 4. The van der Waals surface area contributed by atoms with Crippen molar-refractivity contribution in [2.75, 3.05) is 6.54 Å². The van der Waals surface area contributed by atoms with Gasteiger partial charge in [0.25, 0.3) is 0 Å². The van der Waals surface area contributed by atoms with Crippen LogP contribution in [-0.2, 0) is 22.6 Å². The Morgan fingerprint density at radius 2 is 1.90 bits per heavy atom. The van der Waals surface area contributed by atoms with Crippen LogP contribution >= 0.6 is 0 Å². The zero-order chi connectivity index (χ0) is 21.6. The Balaban J connectivity index is 1.39. The molecule has 1 fully saturated rings. The minimum atomic E-state index is -0.769. The quantitative estimate of drug-likeness (QED) is 0.602. The number of hydrogen-bond acceptors (Lipinski definition) is 6. The van der Waals surface area contributed by atoms with Crippen molar-refractivity contribution in [3.05, 3.63) is 78.4 Å². The normalized spacial score (nSPS) is 17.4. The lowest BCUT2D eigenvalue weighted by Crippen LogP contribution is -2.50. The molecule has 0 saturated carbocycles. The maximum absolute atomic E-state index is 12.9. The highest BCUT2D eigenvalue weighted by molar-refractivity contribution is 6.00. The summed E-state index contributed by atoms with van der Waals surface area (Å²) in [6.45, 7) is 1.37. The van der Waals surface area contributed by atoms with E-state index in [4.69, 9.17) is 5.73 Å². The second-order valence-corrected chi connectivity index (χ2v) is 7.75. The van der Waals surface area contributed by atoms with Crippen LogP contribution in [0.3, 0.4) is 0 Å². The Morgan fingerprint density at radius 3 is 2.68 bits per heavy atom. The first kappa shape index (κ1) is 20.9. The molecule has 0 bridgehead atoms. The highest BCUT2D eigenvalue weighted by atomic mass is 16.2. The first-order chi connectivity index (χ1) is 15.1. The summed E-state index contributed by atoms with van der Waals surface area (Å²) < 4.78 is 1.71. The second-order valence-electron chi connectivity index (χ2n) is 7.75. The van der Waals surface area contributed by atoms with Gasteiger partial charge in [-0.3, -0.25) is 19.8 Å². The molecule has 4 rings (SSSR count). The molecular formula is C23H26N6O2. The first-order valence-corrected chi connectivity index (χ1v) is 10.4. The van der Waals surface area contributed by atoms with Crippen LogP contribution in [0.15, 0.2) is 67.3 Å². The Morgan fingerprint density at radius 1 is 1.13 bits per heavy atom. The van der Waals surface area contributed by atoms with Crippen LogP contribution in [0, 0.1) is 0 Å². The number of hydrogen-bond donors (Lipinski definition) is 2. The molecule has 1 aromatic heterocycles. The molecule has 0 unspecified atom stereocenters. The highest BCUT2D eigenvalue weighted by Gasteiger charge is 2.32. The van der Waals surface area contributed by atoms with E-state index in [1.807, 2.05) is 54.6 Å². The fourth-order valence-corrected chi connectivity index (χ4v) is 3.99. The number of aromatic nitrogens is 3. The summed E-state index contributed by atoms with van der Waals surface area (Å²) in [6.07, 6.45) is 5.14. The molecule has 1 saturated heterocycles. The number of carbonyl (C=O) groups excluding carboxylic acids is 2. The van der Waals surface area contributed by atoms with Crippen LogP contribution in [0.25, 0.3) is 5.69 Å². The predicted molar refractivity (Wildman–Crippen MR) is 116 cm³/mol. The van der Waals surface area contributed by atoms with Gasteiger partial charge in [-0.1, -0.05) is 48.5 Å². The Kier molecular flexibility index (Phi) is 6.49. The van der Waals surface area contributed by atoms with Crippen LogP contribution in [0.5, 0.6) is 0 Å². The summed E-state index contributed by atoms with van der Waals surface area (Å²) in [5.74, 6) is -0.729. The van der Waals surface area contributed by atoms with Crippen LogP contribution in [0.4, 0.5) is 0 Å². The Hall–Kier alpha value is -3.36. The molecule has 0 spiro atoms. The van der Waals surface area contributed by atoms with Crippen LogP contribution in [-0.4, -0.2) is 50.1 Å². The molecular weight excluding hydrogens is 392 g/mol. The van der Waals surface area contributed by atoms with E-state index in [-0.39, 0.29) is 11.9 Å². The molecule has 3 aromatic rings. The monoisotopic (exact) mass is 418 g/mol. The summed E-state index contributed by atoms with van der Waals surface area (Å²) in [4.78, 5) is 31.5. The minimum absolute atomic E-state index is 0.288. The van der Waals surface area contributed by atoms with Crippen LogP contribution < -0.4 is 11.1 Å². The van der Waals surface area contributed by atoms with E-state index in [9.17, 15) is 9.59 Å². The number of para-hydroxylation sites is 1. The smallest absolute Gasteiger partial charge is 0.243 e. The zero-order valence-corrected chi connectivity index (χ0v) is 17.2. The van der Waals surface area contributed by atoms with E-state index in [2.05, 4.69) is 20.3 Å². The predicted octanol–water partition coefficient (Wildman–Crippen LogP) is 1.44. The minimum Gasteiger partial charge on any atom is -0.320 e. The number of carbonyl (C=O) groups is 2. The second kappa shape index (κ2) is 9.63. The van der Waals surface area contributed by atoms with Gasteiger partial charge in [-0.15, -0.1) is 0 Å². The lowest BCUT2D eigenvalue weighted by Gasteiger charge is -2.25. The fourth-order valence-electron chi connectivity index (χ4n) is 3.99. The summed E-state index contributed by atoms with van der Waals surface area (Å²) in [5, 5.41) is 6.75. The van der Waals surface area contributed by atoms with Gasteiger partial charge in [-0.2, -0.15) is 5.10 Å². The van der Waals surface area contributed by atoms with E-state index in [0.29, 0.717) is 19.4 Å². The van der Waals surface area contributed by atoms with Crippen molar-refractivity contribution in [1.29, 1.82) is 0 Å². The third-order valence-corrected chi connectivity index (χ3v) is 5.58. The summed E-state index contributed by atoms with van der Waals surface area (Å²) in [5.41, 5.74) is 8.96. The van der Waals surface area contributed by atoms with Gasteiger partial charge in [0, 0.05) is 6.54 Å². The van der Waals surface area contributed by atoms with Crippen molar-refractivity contribution < 1.29 is 9.59 Å².